The second-order valence-electron chi connectivity index (χ2n) is 6.06. The van der Waals surface area contributed by atoms with Crippen molar-refractivity contribution in [1.29, 1.82) is 0 Å². The normalized spacial score (nSPS) is 16.3. The fourth-order valence-electron chi connectivity index (χ4n) is 3.15. The van der Waals surface area contributed by atoms with E-state index in [-0.39, 0.29) is 24.2 Å². The first-order valence-electron chi connectivity index (χ1n) is 8.39. The number of hydrogen-bond donors (Lipinski definition) is 0. The molecule has 0 N–H and O–H groups in total. The predicted molar refractivity (Wildman–Crippen MR) is 95.3 cm³/mol. The number of rotatable bonds is 6. The average Bonchev–Trinajstić information content (AvgIpc) is 3.16. The Labute approximate surface area is 151 Å². The first kappa shape index (κ1) is 17.7. The Kier molecular flexibility index (Phi) is 5.36. The standard InChI is InChI=1S/C19H20N2O5/c1-25-17-5-2-4-14(12-17)18-6-3-11-20(18)19(22)13-26-16-9-7-15(8-10-16)21(23)24/h2,4-5,7-10,12,18H,3,6,11,13H2,1H3. The Morgan fingerprint density at radius 1 is 1.23 bits per heavy atom. The summed E-state index contributed by atoms with van der Waals surface area (Å²) in [4.78, 5) is 24.6. The largest absolute Gasteiger partial charge is 0.497 e. The zero-order valence-corrected chi connectivity index (χ0v) is 14.5. The van der Waals surface area contributed by atoms with Gasteiger partial charge in [-0.1, -0.05) is 12.1 Å². The monoisotopic (exact) mass is 356 g/mol. The number of nitrogens with zero attached hydrogens (tertiary/aromatic N) is 2. The van der Waals surface area contributed by atoms with E-state index in [1.54, 1.807) is 7.11 Å². The van der Waals surface area contributed by atoms with Crippen LogP contribution in [0.2, 0.25) is 0 Å². The summed E-state index contributed by atoms with van der Waals surface area (Å²) in [6.45, 7) is 0.586. The maximum absolute atomic E-state index is 12.6. The molecule has 0 radical (unpaired) electrons. The highest BCUT2D eigenvalue weighted by Gasteiger charge is 2.30. The summed E-state index contributed by atoms with van der Waals surface area (Å²) in [5.74, 6) is 1.10. The van der Waals surface area contributed by atoms with E-state index in [0.29, 0.717) is 12.3 Å². The Morgan fingerprint density at radius 2 is 2.00 bits per heavy atom. The van der Waals surface area contributed by atoms with Gasteiger partial charge in [0, 0.05) is 18.7 Å². The van der Waals surface area contributed by atoms with Crippen molar-refractivity contribution in [3.05, 3.63) is 64.2 Å². The molecule has 2 aromatic rings. The molecule has 0 bridgehead atoms. The lowest BCUT2D eigenvalue weighted by Gasteiger charge is -2.25. The Hall–Kier alpha value is -3.09. The van der Waals surface area contributed by atoms with Crippen LogP contribution in [0.25, 0.3) is 0 Å². The van der Waals surface area contributed by atoms with Gasteiger partial charge in [0.25, 0.3) is 11.6 Å². The third-order valence-corrected chi connectivity index (χ3v) is 4.46. The van der Waals surface area contributed by atoms with Gasteiger partial charge >= 0.3 is 0 Å². The summed E-state index contributed by atoms with van der Waals surface area (Å²) in [7, 11) is 1.62. The number of nitro benzene ring substituents is 1. The number of hydrogen-bond acceptors (Lipinski definition) is 5. The van der Waals surface area contributed by atoms with Gasteiger partial charge < -0.3 is 14.4 Å². The molecule has 1 aliphatic heterocycles. The maximum atomic E-state index is 12.6. The molecular formula is C19H20N2O5. The van der Waals surface area contributed by atoms with Gasteiger partial charge in [-0.25, -0.2) is 0 Å². The number of methoxy groups -OCH3 is 1. The third-order valence-electron chi connectivity index (χ3n) is 4.46. The van der Waals surface area contributed by atoms with Crippen LogP contribution in [0.5, 0.6) is 11.5 Å². The SMILES string of the molecule is COc1cccc(C2CCCN2C(=O)COc2ccc([N+](=O)[O-])cc2)c1. The molecule has 0 saturated carbocycles. The lowest BCUT2D eigenvalue weighted by molar-refractivity contribution is -0.384. The van der Waals surface area contributed by atoms with Gasteiger partial charge in [-0.3, -0.25) is 14.9 Å². The van der Waals surface area contributed by atoms with E-state index in [2.05, 4.69) is 0 Å². The van der Waals surface area contributed by atoms with Crippen LogP contribution in [0.1, 0.15) is 24.4 Å². The summed E-state index contributed by atoms with van der Waals surface area (Å²) in [5.41, 5.74) is 1.03. The van der Waals surface area contributed by atoms with E-state index in [4.69, 9.17) is 9.47 Å². The second-order valence-corrected chi connectivity index (χ2v) is 6.06. The van der Waals surface area contributed by atoms with Gasteiger partial charge in [0.15, 0.2) is 6.61 Å². The highest BCUT2D eigenvalue weighted by atomic mass is 16.6. The van der Waals surface area contributed by atoms with Crippen LogP contribution in [-0.4, -0.2) is 36.0 Å². The zero-order chi connectivity index (χ0) is 18.5. The lowest BCUT2D eigenvalue weighted by Crippen LogP contribution is -2.34. The van der Waals surface area contributed by atoms with Gasteiger partial charge in [0.05, 0.1) is 18.1 Å². The van der Waals surface area contributed by atoms with Crippen molar-refractivity contribution in [1.82, 2.24) is 4.90 Å². The van der Waals surface area contributed by atoms with E-state index >= 15 is 0 Å². The summed E-state index contributed by atoms with van der Waals surface area (Å²) >= 11 is 0. The van der Waals surface area contributed by atoms with Gasteiger partial charge in [0.1, 0.15) is 11.5 Å². The molecule has 26 heavy (non-hydrogen) atoms. The van der Waals surface area contributed by atoms with Gasteiger partial charge in [0.2, 0.25) is 0 Å². The average molecular weight is 356 g/mol. The molecule has 7 heteroatoms. The third kappa shape index (κ3) is 3.93. The van der Waals surface area contributed by atoms with Gasteiger partial charge in [-0.2, -0.15) is 0 Å². The lowest BCUT2D eigenvalue weighted by atomic mass is 10.0. The number of non-ortho nitro benzene ring substituents is 1. The van der Waals surface area contributed by atoms with E-state index in [9.17, 15) is 14.9 Å². The van der Waals surface area contributed by atoms with Crippen molar-refractivity contribution < 1.29 is 19.2 Å². The molecule has 0 aliphatic carbocycles. The fourth-order valence-corrected chi connectivity index (χ4v) is 3.15. The van der Waals surface area contributed by atoms with Gasteiger partial charge in [-0.15, -0.1) is 0 Å². The molecule has 1 unspecified atom stereocenters. The van der Waals surface area contributed by atoms with Crippen molar-refractivity contribution in [3.8, 4) is 11.5 Å². The molecule has 1 fully saturated rings. The number of carbonyl (C=O) groups is 1. The van der Waals surface area contributed by atoms with Crippen LogP contribution in [0.3, 0.4) is 0 Å². The number of amides is 1. The first-order valence-corrected chi connectivity index (χ1v) is 8.39. The van der Waals surface area contributed by atoms with Crippen molar-refractivity contribution in [2.24, 2.45) is 0 Å². The van der Waals surface area contributed by atoms with Crippen molar-refractivity contribution >= 4 is 11.6 Å². The summed E-state index contributed by atoms with van der Waals surface area (Å²) < 4.78 is 10.8. The van der Waals surface area contributed by atoms with Crippen molar-refractivity contribution in [2.75, 3.05) is 20.3 Å². The maximum Gasteiger partial charge on any atom is 0.269 e. The quantitative estimate of drug-likeness (QED) is 0.586. The predicted octanol–water partition coefficient (Wildman–Crippen LogP) is 3.35. The molecule has 1 atom stereocenters. The molecule has 136 valence electrons. The molecule has 1 aliphatic rings. The zero-order valence-electron chi connectivity index (χ0n) is 14.5. The van der Waals surface area contributed by atoms with E-state index < -0.39 is 4.92 Å². The van der Waals surface area contributed by atoms with E-state index in [0.717, 1.165) is 24.2 Å². The summed E-state index contributed by atoms with van der Waals surface area (Å²) in [6, 6.07) is 13.5. The van der Waals surface area contributed by atoms with Crippen molar-refractivity contribution in [3.63, 3.8) is 0 Å². The Morgan fingerprint density at radius 3 is 2.69 bits per heavy atom. The number of carbonyl (C=O) groups excluding carboxylic acids is 1. The first-order chi connectivity index (χ1) is 12.6. The number of nitro groups is 1. The smallest absolute Gasteiger partial charge is 0.269 e. The molecule has 1 heterocycles. The van der Waals surface area contributed by atoms with Crippen LogP contribution in [0.4, 0.5) is 5.69 Å². The molecule has 2 aromatic carbocycles. The highest BCUT2D eigenvalue weighted by molar-refractivity contribution is 5.78. The molecule has 1 amide bonds. The topological polar surface area (TPSA) is 81.9 Å². The number of ether oxygens (including phenoxy) is 2. The summed E-state index contributed by atoms with van der Waals surface area (Å²) in [5, 5.41) is 10.7. The van der Waals surface area contributed by atoms with Crippen molar-refractivity contribution in [2.45, 2.75) is 18.9 Å². The molecule has 7 nitrogen and oxygen atoms in total. The molecular weight excluding hydrogens is 336 g/mol. The highest BCUT2D eigenvalue weighted by Crippen LogP contribution is 2.33. The minimum atomic E-state index is -0.474. The molecule has 1 saturated heterocycles. The molecule has 0 spiro atoms. The number of likely N-dealkylation sites (tertiary alicyclic amines) is 1. The minimum absolute atomic E-state index is 0.0121. The number of benzene rings is 2. The fraction of sp³-hybridized carbons (Fsp3) is 0.316. The van der Waals surface area contributed by atoms with E-state index in [1.807, 2.05) is 29.2 Å². The van der Waals surface area contributed by atoms with Crippen LogP contribution in [0, 0.1) is 10.1 Å². The summed E-state index contributed by atoms with van der Waals surface area (Å²) in [6.07, 6.45) is 1.83. The van der Waals surface area contributed by atoms with Crippen LogP contribution in [-0.2, 0) is 4.79 Å². The molecule has 0 aromatic heterocycles. The van der Waals surface area contributed by atoms with Crippen LogP contribution >= 0.6 is 0 Å². The molecule has 3 rings (SSSR count). The van der Waals surface area contributed by atoms with E-state index in [1.165, 1.54) is 24.3 Å². The van der Waals surface area contributed by atoms with Crippen LogP contribution < -0.4 is 9.47 Å². The Bertz CT molecular complexity index is 791. The van der Waals surface area contributed by atoms with Gasteiger partial charge in [-0.05, 0) is 42.7 Å². The Balaban J connectivity index is 1.63. The second kappa shape index (κ2) is 7.86. The minimum Gasteiger partial charge on any atom is -0.497 e. The van der Waals surface area contributed by atoms with Crippen LogP contribution in [0.15, 0.2) is 48.5 Å².